The average molecular weight is 286 g/mol. The lowest BCUT2D eigenvalue weighted by Gasteiger charge is -2.23. The van der Waals surface area contributed by atoms with Crippen molar-refractivity contribution in [2.24, 2.45) is 0 Å². The van der Waals surface area contributed by atoms with E-state index in [4.69, 9.17) is 5.11 Å². The molecule has 0 unspecified atom stereocenters. The number of aliphatic hydroxyl groups is 1. The fourth-order valence-corrected chi connectivity index (χ4v) is 2.24. The lowest BCUT2D eigenvalue weighted by atomic mass is 10.2. The molecule has 1 aliphatic rings. The van der Waals surface area contributed by atoms with Crippen LogP contribution in [0.25, 0.3) is 0 Å². The zero-order valence-corrected chi connectivity index (χ0v) is 10.8. The molecule has 1 heterocycles. The third-order valence-electron chi connectivity index (χ3n) is 3.16. The molecule has 1 aromatic rings. The number of hydrogen-bond acceptors (Lipinski definition) is 3. The highest BCUT2D eigenvalue weighted by Crippen LogP contribution is 2.22. The average Bonchev–Trinajstić information content (AvgIpc) is 2.86. The molecule has 1 atom stereocenters. The van der Waals surface area contributed by atoms with Crippen LogP contribution >= 0.6 is 0 Å². The van der Waals surface area contributed by atoms with E-state index in [0.717, 1.165) is 12.8 Å². The van der Waals surface area contributed by atoms with Crippen LogP contribution < -0.4 is 10.1 Å². The SMILES string of the molecule is O=C(Nc1cccc(OC(F)F)c1)N1CCC[C@H]1CO. The maximum absolute atomic E-state index is 12.1. The van der Waals surface area contributed by atoms with Crippen LogP contribution in [0, 0.1) is 0 Å². The standard InChI is InChI=1S/C13H16F2N2O3/c14-12(15)20-11-5-1-3-9(7-11)16-13(19)17-6-2-4-10(17)8-18/h1,3,5,7,10,12,18H,2,4,6,8H2,(H,16,19)/t10-/m0/s1. The Morgan fingerprint density at radius 2 is 2.35 bits per heavy atom. The Bertz CT molecular complexity index is 471. The number of urea groups is 1. The fraction of sp³-hybridized carbons (Fsp3) is 0.462. The highest BCUT2D eigenvalue weighted by molar-refractivity contribution is 5.89. The van der Waals surface area contributed by atoms with Crippen LogP contribution in [0.5, 0.6) is 5.75 Å². The molecule has 5 nitrogen and oxygen atoms in total. The molecule has 110 valence electrons. The minimum atomic E-state index is -2.90. The summed E-state index contributed by atoms with van der Waals surface area (Å²) in [6, 6.07) is 5.27. The van der Waals surface area contributed by atoms with Crippen LogP contribution in [-0.2, 0) is 0 Å². The van der Waals surface area contributed by atoms with Crippen molar-refractivity contribution in [3.8, 4) is 5.75 Å². The summed E-state index contributed by atoms with van der Waals surface area (Å²) in [4.78, 5) is 13.6. The van der Waals surface area contributed by atoms with Crippen LogP contribution in [0.1, 0.15) is 12.8 Å². The molecule has 2 amide bonds. The van der Waals surface area contributed by atoms with E-state index in [-0.39, 0.29) is 24.4 Å². The van der Waals surface area contributed by atoms with Gasteiger partial charge in [-0.15, -0.1) is 0 Å². The number of nitrogens with one attached hydrogen (secondary N) is 1. The van der Waals surface area contributed by atoms with E-state index in [1.165, 1.54) is 18.2 Å². The van der Waals surface area contributed by atoms with Gasteiger partial charge in [0.15, 0.2) is 0 Å². The summed E-state index contributed by atoms with van der Waals surface area (Å²) in [5.74, 6) is -0.0158. The maximum Gasteiger partial charge on any atom is 0.387 e. The minimum absolute atomic E-state index is 0.0158. The number of amides is 2. The number of benzene rings is 1. The van der Waals surface area contributed by atoms with Gasteiger partial charge in [0, 0.05) is 18.3 Å². The molecule has 0 aromatic heterocycles. The van der Waals surface area contributed by atoms with E-state index in [0.29, 0.717) is 12.2 Å². The van der Waals surface area contributed by atoms with Crippen molar-refractivity contribution in [3.05, 3.63) is 24.3 Å². The van der Waals surface area contributed by atoms with Crippen molar-refractivity contribution in [2.45, 2.75) is 25.5 Å². The Hall–Kier alpha value is -1.89. The number of ether oxygens (including phenoxy) is 1. The van der Waals surface area contributed by atoms with E-state index in [1.54, 1.807) is 11.0 Å². The molecule has 1 fully saturated rings. The monoisotopic (exact) mass is 286 g/mol. The number of aliphatic hydroxyl groups excluding tert-OH is 1. The lowest BCUT2D eigenvalue weighted by molar-refractivity contribution is -0.0497. The summed E-state index contributed by atoms with van der Waals surface area (Å²) in [5.41, 5.74) is 0.372. The number of rotatable bonds is 4. The van der Waals surface area contributed by atoms with Gasteiger partial charge >= 0.3 is 12.6 Å². The van der Waals surface area contributed by atoms with Gasteiger partial charge in [0.25, 0.3) is 0 Å². The Labute approximate surface area is 115 Å². The maximum atomic E-state index is 12.1. The topological polar surface area (TPSA) is 61.8 Å². The summed E-state index contributed by atoms with van der Waals surface area (Å²) < 4.78 is 28.5. The van der Waals surface area contributed by atoms with E-state index < -0.39 is 6.61 Å². The largest absolute Gasteiger partial charge is 0.435 e. The first-order valence-corrected chi connectivity index (χ1v) is 6.33. The van der Waals surface area contributed by atoms with Crippen molar-refractivity contribution >= 4 is 11.7 Å². The predicted octanol–water partition coefficient (Wildman–Crippen LogP) is 2.28. The second-order valence-corrected chi connectivity index (χ2v) is 4.51. The zero-order valence-electron chi connectivity index (χ0n) is 10.8. The van der Waals surface area contributed by atoms with Gasteiger partial charge in [-0.1, -0.05) is 6.07 Å². The first-order chi connectivity index (χ1) is 9.60. The molecule has 0 aliphatic carbocycles. The van der Waals surface area contributed by atoms with Crippen LogP contribution in [0.4, 0.5) is 19.3 Å². The van der Waals surface area contributed by atoms with Gasteiger partial charge in [0.2, 0.25) is 0 Å². The van der Waals surface area contributed by atoms with Gasteiger partial charge in [0.05, 0.1) is 12.6 Å². The minimum Gasteiger partial charge on any atom is -0.435 e. The molecule has 0 bridgehead atoms. The van der Waals surface area contributed by atoms with Crippen LogP contribution in [-0.4, -0.2) is 41.8 Å². The summed E-state index contributed by atoms with van der Waals surface area (Å²) in [6.07, 6.45) is 1.60. The Morgan fingerprint density at radius 1 is 1.55 bits per heavy atom. The van der Waals surface area contributed by atoms with E-state index >= 15 is 0 Å². The second-order valence-electron chi connectivity index (χ2n) is 4.51. The molecule has 2 rings (SSSR count). The van der Waals surface area contributed by atoms with Crippen LogP contribution in [0.2, 0.25) is 0 Å². The van der Waals surface area contributed by atoms with Crippen molar-refractivity contribution in [2.75, 3.05) is 18.5 Å². The molecule has 0 spiro atoms. The second kappa shape index (κ2) is 6.51. The number of carbonyl (C=O) groups excluding carboxylic acids is 1. The summed E-state index contributed by atoms with van der Waals surface area (Å²) in [7, 11) is 0. The molecule has 20 heavy (non-hydrogen) atoms. The molecule has 1 saturated heterocycles. The first-order valence-electron chi connectivity index (χ1n) is 6.33. The number of halogens is 2. The zero-order chi connectivity index (χ0) is 14.5. The van der Waals surface area contributed by atoms with E-state index in [9.17, 15) is 13.6 Å². The van der Waals surface area contributed by atoms with Crippen molar-refractivity contribution < 1.29 is 23.4 Å². The van der Waals surface area contributed by atoms with Gasteiger partial charge < -0.3 is 20.1 Å². The van der Waals surface area contributed by atoms with Crippen molar-refractivity contribution in [3.63, 3.8) is 0 Å². The normalized spacial score (nSPS) is 18.4. The third kappa shape index (κ3) is 3.57. The number of hydrogen-bond donors (Lipinski definition) is 2. The quantitative estimate of drug-likeness (QED) is 0.892. The number of alkyl halides is 2. The number of likely N-dealkylation sites (tertiary alicyclic amines) is 1. The summed E-state index contributed by atoms with van der Waals surface area (Å²) >= 11 is 0. The van der Waals surface area contributed by atoms with Gasteiger partial charge in [-0.2, -0.15) is 8.78 Å². The Morgan fingerprint density at radius 3 is 3.05 bits per heavy atom. The molecule has 1 aliphatic heterocycles. The van der Waals surface area contributed by atoms with Crippen LogP contribution in [0.15, 0.2) is 24.3 Å². The van der Waals surface area contributed by atoms with E-state index in [1.807, 2.05) is 0 Å². The van der Waals surface area contributed by atoms with Gasteiger partial charge in [0.1, 0.15) is 5.75 Å². The molecule has 7 heteroatoms. The lowest BCUT2D eigenvalue weighted by Crippen LogP contribution is -2.40. The van der Waals surface area contributed by atoms with Crippen molar-refractivity contribution in [1.82, 2.24) is 4.90 Å². The third-order valence-corrected chi connectivity index (χ3v) is 3.16. The number of nitrogens with zero attached hydrogens (tertiary/aromatic N) is 1. The molecule has 0 radical (unpaired) electrons. The fourth-order valence-electron chi connectivity index (χ4n) is 2.24. The van der Waals surface area contributed by atoms with Gasteiger partial charge in [-0.25, -0.2) is 4.79 Å². The molecular weight excluding hydrogens is 270 g/mol. The molecule has 2 N–H and O–H groups in total. The predicted molar refractivity (Wildman–Crippen MR) is 68.9 cm³/mol. The molecule has 1 aromatic carbocycles. The number of anilines is 1. The first kappa shape index (κ1) is 14.5. The van der Waals surface area contributed by atoms with Crippen molar-refractivity contribution in [1.29, 1.82) is 0 Å². The highest BCUT2D eigenvalue weighted by atomic mass is 19.3. The molecule has 0 saturated carbocycles. The van der Waals surface area contributed by atoms with Gasteiger partial charge in [-0.3, -0.25) is 0 Å². The summed E-state index contributed by atoms with van der Waals surface area (Å²) in [5, 5.41) is 11.8. The molecular formula is C13H16F2N2O3. The Kier molecular flexibility index (Phi) is 4.73. The Balaban J connectivity index is 2.00. The summed E-state index contributed by atoms with van der Waals surface area (Å²) in [6.45, 7) is -2.41. The van der Waals surface area contributed by atoms with Gasteiger partial charge in [-0.05, 0) is 25.0 Å². The highest BCUT2D eigenvalue weighted by Gasteiger charge is 2.28. The van der Waals surface area contributed by atoms with Crippen LogP contribution in [0.3, 0.4) is 0 Å². The smallest absolute Gasteiger partial charge is 0.387 e. The van der Waals surface area contributed by atoms with E-state index in [2.05, 4.69) is 10.1 Å². The number of carbonyl (C=O) groups is 1.